The molecule has 2 aromatic heterocycles. The van der Waals surface area contributed by atoms with Crippen molar-refractivity contribution in [2.75, 3.05) is 4.90 Å². The second-order valence-corrected chi connectivity index (χ2v) is 6.40. The van der Waals surface area contributed by atoms with Gasteiger partial charge >= 0.3 is 0 Å². The fourth-order valence-electron chi connectivity index (χ4n) is 3.39. The first kappa shape index (κ1) is 16.2. The van der Waals surface area contributed by atoms with Gasteiger partial charge in [-0.3, -0.25) is 14.6 Å². The minimum absolute atomic E-state index is 0.0685. The van der Waals surface area contributed by atoms with Crippen LogP contribution < -0.4 is 10.5 Å². The third kappa shape index (κ3) is 2.90. The standard InChI is InChI=1S/C20H18N4O2/c1-14-12-16-4-2-3-5-18(16)24(14)20(26)13-23-19(25)7-6-17(22-23)15-8-10-21-11-9-15/h2-11,14H,12-13H2,1H3. The van der Waals surface area contributed by atoms with Gasteiger partial charge < -0.3 is 4.90 Å². The summed E-state index contributed by atoms with van der Waals surface area (Å²) in [7, 11) is 0. The first-order valence-electron chi connectivity index (χ1n) is 8.52. The lowest BCUT2D eigenvalue weighted by Crippen LogP contribution is -2.40. The molecule has 0 saturated heterocycles. The highest BCUT2D eigenvalue weighted by atomic mass is 16.2. The number of hydrogen-bond acceptors (Lipinski definition) is 4. The number of pyridine rings is 1. The molecule has 1 aliphatic heterocycles. The molecule has 3 aromatic rings. The molecular weight excluding hydrogens is 328 g/mol. The average Bonchev–Trinajstić information content (AvgIpc) is 3.00. The Balaban J connectivity index is 1.63. The highest BCUT2D eigenvalue weighted by molar-refractivity contribution is 5.96. The van der Waals surface area contributed by atoms with E-state index >= 15 is 0 Å². The van der Waals surface area contributed by atoms with Crippen LogP contribution >= 0.6 is 0 Å². The van der Waals surface area contributed by atoms with Crippen molar-refractivity contribution < 1.29 is 4.79 Å². The van der Waals surface area contributed by atoms with Gasteiger partial charge in [-0.1, -0.05) is 18.2 Å². The first-order chi connectivity index (χ1) is 12.6. The predicted molar refractivity (Wildman–Crippen MR) is 98.8 cm³/mol. The number of rotatable bonds is 3. The van der Waals surface area contributed by atoms with E-state index in [2.05, 4.69) is 10.1 Å². The molecule has 26 heavy (non-hydrogen) atoms. The summed E-state index contributed by atoms with van der Waals surface area (Å²) >= 11 is 0. The van der Waals surface area contributed by atoms with Crippen molar-refractivity contribution in [2.24, 2.45) is 0 Å². The molecule has 1 aliphatic rings. The van der Waals surface area contributed by atoms with Crippen molar-refractivity contribution in [3.8, 4) is 11.3 Å². The van der Waals surface area contributed by atoms with Crippen LogP contribution in [0.5, 0.6) is 0 Å². The summed E-state index contributed by atoms with van der Waals surface area (Å²) in [5, 5.41) is 4.36. The fraction of sp³-hybridized carbons (Fsp3) is 0.200. The first-order valence-corrected chi connectivity index (χ1v) is 8.52. The Hall–Kier alpha value is -3.28. The molecule has 0 spiro atoms. The maximum Gasteiger partial charge on any atom is 0.267 e. The van der Waals surface area contributed by atoms with Crippen LogP contribution in [0.15, 0.2) is 65.7 Å². The van der Waals surface area contributed by atoms with Crippen LogP contribution in [-0.2, 0) is 17.8 Å². The Morgan fingerprint density at radius 2 is 1.88 bits per heavy atom. The molecule has 1 aromatic carbocycles. The maximum absolute atomic E-state index is 12.9. The molecule has 1 unspecified atom stereocenters. The van der Waals surface area contributed by atoms with E-state index in [1.165, 1.54) is 10.7 Å². The average molecular weight is 346 g/mol. The number of nitrogens with zero attached hydrogens (tertiary/aromatic N) is 4. The van der Waals surface area contributed by atoms with E-state index in [4.69, 9.17) is 0 Å². The summed E-state index contributed by atoms with van der Waals surface area (Å²) < 4.78 is 1.23. The smallest absolute Gasteiger partial charge is 0.267 e. The third-order valence-corrected chi connectivity index (χ3v) is 4.60. The van der Waals surface area contributed by atoms with Crippen molar-refractivity contribution in [1.82, 2.24) is 14.8 Å². The van der Waals surface area contributed by atoms with Gasteiger partial charge in [-0.15, -0.1) is 0 Å². The molecule has 6 nitrogen and oxygen atoms in total. The second-order valence-electron chi connectivity index (χ2n) is 6.40. The maximum atomic E-state index is 12.9. The van der Waals surface area contributed by atoms with Crippen LogP contribution in [0.1, 0.15) is 12.5 Å². The topological polar surface area (TPSA) is 68.1 Å². The zero-order chi connectivity index (χ0) is 18.1. The number of aromatic nitrogens is 3. The number of para-hydroxylation sites is 1. The highest BCUT2D eigenvalue weighted by Gasteiger charge is 2.30. The lowest BCUT2D eigenvalue weighted by molar-refractivity contribution is -0.119. The summed E-state index contributed by atoms with van der Waals surface area (Å²) in [4.78, 5) is 30.9. The minimum atomic E-state index is -0.295. The van der Waals surface area contributed by atoms with E-state index < -0.39 is 0 Å². The molecule has 1 amide bonds. The Morgan fingerprint density at radius 1 is 1.12 bits per heavy atom. The predicted octanol–water partition coefficient (Wildman–Crippen LogP) is 2.28. The number of benzene rings is 1. The Morgan fingerprint density at radius 3 is 2.69 bits per heavy atom. The Kier molecular flexibility index (Phi) is 4.08. The number of fused-ring (bicyclic) bond motifs is 1. The van der Waals surface area contributed by atoms with Crippen molar-refractivity contribution >= 4 is 11.6 Å². The summed E-state index contributed by atoms with van der Waals surface area (Å²) in [5.41, 5.74) is 3.26. The molecule has 1 atom stereocenters. The lowest BCUT2D eigenvalue weighted by atomic mass is 10.1. The van der Waals surface area contributed by atoms with Crippen LogP contribution in [0.3, 0.4) is 0 Å². The van der Waals surface area contributed by atoms with Crippen LogP contribution in [-0.4, -0.2) is 26.7 Å². The van der Waals surface area contributed by atoms with Crippen molar-refractivity contribution in [3.63, 3.8) is 0 Å². The number of hydrogen-bond donors (Lipinski definition) is 0. The number of carbonyl (C=O) groups excluding carboxylic acids is 1. The van der Waals surface area contributed by atoms with Gasteiger partial charge in [-0.05, 0) is 43.2 Å². The van der Waals surface area contributed by atoms with Crippen molar-refractivity contribution in [2.45, 2.75) is 25.9 Å². The van der Waals surface area contributed by atoms with E-state index in [9.17, 15) is 9.59 Å². The SMILES string of the molecule is CC1Cc2ccccc2N1C(=O)Cn1nc(-c2ccncc2)ccc1=O. The van der Waals surface area contributed by atoms with Crippen LogP contribution in [0.25, 0.3) is 11.3 Å². The fourth-order valence-corrected chi connectivity index (χ4v) is 3.39. The van der Waals surface area contributed by atoms with E-state index in [-0.39, 0.29) is 24.1 Å². The van der Waals surface area contributed by atoms with Crippen LogP contribution in [0.2, 0.25) is 0 Å². The summed E-state index contributed by atoms with van der Waals surface area (Å²) in [6, 6.07) is 14.7. The molecule has 6 heteroatoms. The molecule has 0 N–H and O–H groups in total. The van der Waals surface area contributed by atoms with Crippen LogP contribution in [0, 0.1) is 0 Å². The molecule has 0 fully saturated rings. The Bertz CT molecular complexity index is 1010. The summed E-state index contributed by atoms with van der Waals surface area (Å²) in [5.74, 6) is -0.135. The van der Waals surface area contributed by atoms with E-state index in [0.717, 1.165) is 23.2 Å². The molecule has 0 bridgehead atoms. The van der Waals surface area contributed by atoms with E-state index in [1.807, 2.05) is 43.3 Å². The molecule has 3 heterocycles. The van der Waals surface area contributed by atoms with Gasteiger partial charge in [0.05, 0.1) is 5.69 Å². The molecule has 0 aliphatic carbocycles. The van der Waals surface area contributed by atoms with Gasteiger partial charge in [0.1, 0.15) is 6.54 Å². The van der Waals surface area contributed by atoms with Crippen LogP contribution in [0.4, 0.5) is 5.69 Å². The van der Waals surface area contributed by atoms with Gasteiger partial charge in [0, 0.05) is 35.8 Å². The van der Waals surface area contributed by atoms with Crippen molar-refractivity contribution in [3.05, 3.63) is 76.8 Å². The number of anilines is 1. The van der Waals surface area contributed by atoms with Gasteiger partial charge in [0.25, 0.3) is 5.56 Å². The molecular formula is C20H18N4O2. The van der Waals surface area contributed by atoms with E-state index in [1.54, 1.807) is 23.4 Å². The van der Waals surface area contributed by atoms with Gasteiger partial charge in [-0.2, -0.15) is 5.10 Å². The highest BCUT2D eigenvalue weighted by Crippen LogP contribution is 2.31. The molecule has 0 radical (unpaired) electrons. The third-order valence-electron chi connectivity index (χ3n) is 4.60. The monoisotopic (exact) mass is 346 g/mol. The number of amides is 1. The molecule has 130 valence electrons. The second kappa shape index (κ2) is 6.55. The molecule has 0 saturated carbocycles. The van der Waals surface area contributed by atoms with Gasteiger partial charge in [0.2, 0.25) is 5.91 Å². The quantitative estimate of drug-likeness (QED) is 0.730. The minimum Gasteiger partial charge on any atom is -0.307 e. The van der Waals surface area contributed by atoms with E-state index in [0.29, 0.717) is 5.69 Å². The largest absolute Gasteiger partial charge is 0.307 e. The molecule has 4 rings (SSSR count). The van der Waals surface area contributed by atoms with Gasteiger partial charge in [0.15, 0.2) is 0 Å². The normalized spacial score (nSPS) is 15.7. The lowest BCUT2D eigenvalue weighted by Gasteiger charge is -2.23. The summed E-state index contributed by atoms with van der Waals surface area (Å²) in [6.45, 7) is 1.93. The number of carbonyl (C=O) groups is 1. The van der Waals surface area contributed by atoms with Gasteiger partial charge in [-0.25, -0.2) is 4.68 Å². The zero-order valence-electron chi connectivity index (χ0n) is 14.4. The zero-order valence-corrected chi connectivity index (χ0v) is 14.4. The summed E-state index contributed by atoms with van der Waals surface area (Å²) in [6.07, 6.45) is 4.15. The van der Waals surface area contributed by atoms with Crippen molar-refractivity contribution in [1.29, 1.82) is 0 Å². The Labute approximate surface area is 150 Å².